The first-order chi connectivity index (χ1) is 11.2. The Hall–Kier alpha value is -1.10. The van der Waals surface area contributed by atoms with Crippen LogP contribution in [0.15, 0.2) is 0 Å². The van der Waals surface area contributed by atoms with Crippen molar-refractivity contribution < 1.29 is 24.2 Å². The van der Waals surface area contributed by atoms with Crippen LogP contribution in [0.3, 0.4) is 0 Å². The molecule has 4 bridgehead atoms. The van der Waals surface area contributed by atoms with Gasteiger partial charge in [0.2, 0.25) is 0 Å². The summed E-state index contributed by atoms with van der Waals surface area (Å²) in [6.45, 7) is 5.41. The van der Waals surface area contributed by atoms with Crippen molar-refractivity contribution >= 4 is 11.9 Å². The molecule has 5 nitrogen and oxygen atoms in total. The van der Waals surface area contributed by atoms with Crippen molar-refractivity contribution in [2.75, 3.05) is 6.61 Å². The van der Waals surface area contributed by atoms with E-state index in [1.54, 1.807) is 0 Å². The molecule has 4 aliphatic carbocycles. The lowest BCUT2D eigenvalue weighted by atomic mass is 9.52. The third-order valence-electron chi connectivity index (χ3n) is 6.68. The molecule has 2 unspecified atom stereocenters. The average molecular weight is 338 g/mol. The molecule has 4 fully saturated rings. The Labute approximate surface area is 144 Å². The van der Waals surface area contributed by atoms with Crippen LogP contribution in [0, 0.1) is 17.3 Å². The molecule has 136 valence electrons. The van der Waals surface area contributed by atoms with Gasteiger partial charge in [0.05, 0.1) is 11.0 Å². The van der Waals surface area contributed by atoms with Crippen LogP contribution in [0.5, 0.6) is 0 Å². The van der Waals surface area contributed by atoms with Crippen LogP contribution in [0.1, 0.15) is 72.1 Å². The van der Waals surface area contributed by atoms with Crippen LogP contribution in [-0.2, 0) is 19.1 Å². The lowest BCUT2D eigenvalue weighted by Crippen LogP contribution is -2.60. The van der Waals surface area contributed by atoms with Crippen LogP contribution in [-0.4, -0.2) is 34.9 Å². The minimum Gasteiger partial charge on any atom is -0.456 e. The van der Waals surface area contributed by atoms with Crippen LogP contribution < -0.4 is 0 Å². The zero-order chi connectivity index (χ0) is 17.6. The molecule has 4 aliphatic rings. The van der Waals surface area contributed by atoms with Crippen LogP contribution >= 0.6 is 0 Å². The first kappa shape index (κ1) is 17.7. The Morgan fingerprint density at radius 3 is 2.21 bits per heavy atom. The van der Waals surface area contributed by atoms with Crippen LogP contribution in [0.2, 0.25) is 0 Å². The molecule has 0 aliphatic heterocycles. The minimum absolute atomic E-state index is 0.329. The molecule has 2 atom stereocenters. The molecule has 0 aromatic carbocycles. The van der Waals surface area contributed by atoms with Gasteiger partial charge in [0.15, 0.2) is 6.61 Å². The van der Waals surface area contributed by atoms with Gasteiger partial charge in [0.25, 0.3) is 0 Å². The SMILES string of the molecule is CCC(C)(CC)C(=O)OCC(=O)OC12CC3CC(CC(O)(C3)C1)C2. The second-order valence-corrected chi connectivity index (χ2v) is 8.69. The molecular weight excluding hydrogens is 308 g/mol. The average Bonchev–Trinajstić information content (AvgIpc) is 2.48. The van der Waals surface area contributed by atoms with E-state index in [1.807, 2.05) is 20.8 Å². The predicted molar refractivity (Wildman–Crippen MR) is 88.1 cm³/mol. The van der Waals surface area contributed by atoms with E-state index in [-0.39, 0.29) is 12.6 Å². The summed E-state index contributed by atoms with van der Waals surface area (Å²) >= 11 is 0. The standard InChI is InChI=1S/C19H30O5/c1-4-17(3,5-2)16(21)23-11-15(20)24-19-9-13-6-14(10-19)8-18(22,7-13)12-19/h13-14,22H,4-12H2,1-3H3. The molecule has 0 saturated heterocycles. The zero-order valence-electron chi connectivity index (χ0n) is 15.1. The van der Waals surface area contributed by atoms with E-state index in [0.29, 0.717) is 31.1 Å². The summed E-state index contributed by atoms with van der Waals surface area (Å²) in [6.07, 6.45) is 6.39. The molecule has 0 radical (unpaired) electrons. The van der Waals surface area contributed by atoms with E-state index < -0.39 is 22.6 Å². The number of hydrogen-bond acceptors (Lipinski definition) is 5. The van der Waals surface area contributed by atoms with E-state index in [1.165, 1.54) is 0 Å². The van der Waals surface area contributed by atoms with Crippen LogP contribution in [0.25, 0.3) is 0 Å². The van der Waals surface area contributed by atoms with Gasteiger partial charge >= 0.3 is 11.9 Å². The summed E-state index contributed by atoms with van der Waals surface area (Å²) in [5.74, 6) is 0.0854. The van der Waals surface area contributed by atoms with Gasteiger partial charge in [-0.05, 0) is 63.7 Å². The number of rotatable bonds is 6. The minimum atomic E-state index is -0.663. The molecule has 0 aromatic heterocycles. The highest BCUT2D eigenvalue weighted by atomic mass is 16.6. The number of esters is 2. The van der Waals surface area contributed by atoms with Gasteiger partial charge in [-0.2, -0.15) is 0 Å². The van der Waals surface area contributed by atoms with Crippen LogP contribution in [0.4, 0.5) is 0 Å². The van der Waals surface area contributed by atoms with Gasteiger partial charge in [0, 0.05) is 6.42 Å². The van der Waals surface area contributed by atoms with Crippen molar-refractivity contribution in [3.8, 4) is 0 Å². The van der Waals surface area contributed by atoms with E-state index in [9.17, 15) is 14.7 Å². The molecule has 4 rings (SSSR count). The van der Waals surface area contributed by atoms with Gasteiger partial charge in [0.1, 0.15) is 5.60 Å². The quantitative estimate of drug-likeness (QED) is 0.754. The van der Waals surface area contributed by atoms with E-state index in [2.05, 4.69) is 0 Å². The first-order valence-electron chi connectivity index (χ1n) is 9.33. The fourth-order valence-electron chi connectivity index (χ4n) is 5.36. The Bertz CT molecular complexity index is 508. The topological polar surface area (TPSA) is 72.8 Å². The van der Waals surface area contributed by atoms with E-state index >= 15 is 0 Å². The van der Waals surface area contributed by atoms with Crippen molar-refractivity contribution in [3.05, 3.63) is 0 Å². The van der Waals surface area contributed by atoms with E-state index in [0.717, 1.165) is 32.1 Å². The molecule has 5 heteroatoms. The van der Waals surface area contributed by atoms with Gasteiger partial charge in [-0.25, -0.2) is 4.79 Å². The number of carbonyl (C=O) groups is 2. The number of ether oxygens (including phenoxy) is 2. The first-order valence-corrected chi connectivity index (χ1v) is 9.33. The van der Waals surface area contributed by atoms with Crippen molar-refractivity contribution in [2.45, 2.75) is 83.3 Å². The summed E-state index contributed by atoms with van der Waals surface area (Å²) < 4.78 is 11.0. The second kappa shape index (κ2) is 6.01. The highest BCUT2D eigenvalue weighted by Gasteiger charge is 2.59. The van der Waals surface area contributed by atoms with Gasteiger partial charge in [-0.3, -0.25) is 4.79 Å². The number of carbonyl (C=O) groups excluding carboxylic acids is 2. The maximum Gasteiger partial charge on any atom is 0.344 e. The molecule has 1 N–H and O–H groups in total. The smallest absolute Gasteiger partial charge is 0.344 e. The van der Waals surface area contributed by atoms with Crippen molar-refractivity contribution in [1.82, 2.24) is 0 Å². The Morgan fingerprint density at radius 1 is 1.12 bits per heavy atom. The lowest BCUT2D eigenvalue weighted by molar-refractivity contribution is -0.222. The molecule has 24 heavy (non-hydrogen) atoms. The lowest BCUT2D eigenvalue weighted by Gasteiger charge is -2.59. The highest BCUT2D eigenvalue weighted by Crippen LogP contribution is 2.58. The summed E-state index contributed by atoms with van der Waals surface area (Å²) in [5.41, 5.74) is -1.75. The summed E-state index contributed by atoms with van der Waals surface area (Å²) in [4.78, 5) is 24.4. The van der Waals surface area contributed by atoms with Crippen molar-refractivity contribution in [3.63, 3.8) is 0 Å². The number of aliphatic hydroxyl groups is 1. The fourth-order valence-corrected chi connectivity index (χ4v) is 5.36. The van der Waals surface area contributed by atoms with Crippen molar-refractivity contribution in [2.24, 2.45) is 17.3 Å². The third kappa shape index (κ3) is 3.19. The molecular formula is C19H30O5. The maximum atomic E-state index is 12.3. The number of hydrogen-bond donors (Lipinski definition) is 1. The van der Waals surface area contributed by atoms with Crippen molar-refractivity contribution in [1.29, 1.82) is 0 Å². The second-order valence-electron chi connectivity index (χ2n) is 8.69. The largest absolute Gasteiger partial charge is 0.456 e. The molecule has 0 amide bonds. The monoisotopic (exact) mass is 338 g/mol. The normalized spacial score (nSPS) is 37.3. The summed E-state index contributed by atoms with van der Waals surface area (Å²) in [5, 5.41) is 10.7. The zero-order valence-corrected chi connectivity index (χ0v) is 15.1. The molecule has 0 spiro atoms. The van der Waals surface area contributed by atoms with Gasteiger partial charge in [-0.15, -0.1) is 0 Å². The van der Waals surface area contributed by atoms with Gasteiger partial charge in [-0.1, -0.05) is 13.8 Å². The maximum absolute atomic E-state index is 12.3. The third-order valence-corrected chi connectivity index (χ3v) is 6.68. The summed E-state index contributed by atoms with van der Waals surface area (Å²) in [6, 6.07) is 0. The molecule has 0 heterocycles. The molecule has 4 saturated carbocycles. The van der Waals surface area contributed by atoms with E-state index in [4.69, 9.17) is 9.47 Å². The molecule has 0 aromatic rings. The fraction of sp³-hybridized carbons (Fsp3) is 0.895. The Kier molecular flexibility index (Phi) is 4.44. The highest BCUT2D eigenvalue weighted by molar-refractivity contribution is 5.80. The summed E-state index contributed by atoms with van der Waals surface area (Å²) in [7, 11) is 0. The Balaban J connectivity index is 1.57. The predicted octanol–water partition coefficient (Wildman–Crippen LogP) is 2.98. The Morgan fingerprint density at radius 2 is 1.71 bits per heavy atom. The van der Waals surface area contributed by atoms with Gasteiger partial charge < -0.3 is 14.6 Å².